The Kier molecular flexibility index (Phi) is 8.71. The Hall–Kier alpha value is -1.39. The smallest absolute Gasteiger partial charge is 0.248 e. The first kappa shape index (κ1) is 17.7. The van der Waals surface area contributed by atoms with Crippen molar-refractivity contribution in [3.05, 3.63) is 35.9 Å². The summed E-state index contributed by atoms with van der Waals surface area (Å²) >= 11 is 0. The van der Waals surface area contributed by atoms with E-state index in [0.29, 0.717) is 32.3 Å². The van der Waals surface area contributed by atoms with E-state index < -0.39 is 6.10 Å². The number of carbonyl (C=O) groups is 1. The summed E-state index contributed by atoms with van der Waals surface area (Å²) in [6.45, 7) is 8.10. The molecule has 4 nitrogen and oxygen atoms in total. The number of hydrogen-bond acceptors (Lipinski definition) is 3. The van der Waals surface area contributed by atoms with E-state index in [9.17, 15) is 4.79 Å². The van der Waals surface area contributed by atoms with Gasteiger partial charge in [-0.2, -0.15) is 0 Å². The van der Waals surface area contributed by atoms with Gasteiger partial charge in [-0.25, -0.2) is 0 Å². The van der Waals surface area contributed by atoms with Gasteiger partial charge < -0.3 is 14.8 Å². The van der Waals surface area contributed by atoms with Crippen LogP contribution in [0.25, 0.3) is 0 Å². The Morgan fingerprint density at radius 1 is 1.19 bits per heavy atom. The van der Waals surface area contributed by atoms with Crippen molar-refractivity contribution in [1.29, 1.82) is 0 Å². The highest BCUT2D eigenvalue weighted by Crippen LogP contribution is 2.17. The molecule has 4 heteroatoms. The van der Waals surface area contributed by atoms with E-state index in [0.717, 1.165) is 6.42 Å². The Morgan fingerprint density at radius 2 is 1.90 bits per heavy atom. The topological polar surface area (TPSA) is 47.6 Å². The van der Waals surface area contributed by atoms with Crippen molar-refractivity contribution in [1.82, 2.24) is 5.32 Å². The zero-order chi connectivity index (χ0) is 15.5. The van der Waals surface area contributed by atoms with Crippen LogP contribution in [0.2, 0.25) is 0 Å². The number of amides is 1. The molecule has 2 atom stereocenters. The molecule has 0 heterocycles. The molecule has 1 aromatic carbocycles. The van der Waals surface area contributed by atoms with Crippen LogP contribution in [0.1, 0.15) is 38.7 Å². The third kappa shape index (κ3) is 6.74. The van der Waals surface area contributed by atoms with Gasteiger partial charge in [-0.1, -0.05) is 37.3 Å². The lowest BCUT2D eigenvalue weighted by Crippen LogP contribution is -2.37. The van der Waals surface area contributed by atoms with Crippen LogP contribution >= 0.6 is 0 Å². The van der Waals surface area contributed by atoms with Crippen LogP contribution in [-0.2, 0) is 14.3 Å². The van der Waals surface area contributed by atoms with Crippen molar-refractivity contribution in [2.24, 2.45) is 0 Å². The highest BCUT2D eigenvalue weighted by Gasteiger charge is 2.15. The first-order chi connectivity index (χ1) is 10.2. The van der Waals surface area contributed by atoms with Gasteiger partial charge in [0.2, 0.25) is 5.91 Å². The third-order valence-corrected chi connectivity index (χ3v) is 3.46. The largest absolute Gasteiger partial charge is 0.379 e. The van der Waals surface area contributed by atoms with E-state index in [4.69, 9.17) is 9.47 Å². The van der Waals surface area contributed by atoms with Crippen LogP contribution < -0.4 is 5.32 Å². The number of rotatable bonds is 10. The molecule has 0 fully saturated rings. The van der Waals surface area contributed by atoms with E-state index in [-0.39, 0.29) is 5.91 Å². The minimum Gasteiger partial charge on any atom is -0.379 e. The van der Waals surface area contributed by atoms with Gasteiger partial charge in [-0.15, -0.1) is 0 Å². The van der Waals surface area contributed by atoms with Crippen LogP contribution in [0.4, 0.5) is 0 Å². The average Bonchev–Trinajstić information content (AvgIpc) is 2.52. The second-order valence-electron chi connectivity index (χ2n) is 4.97. The molecule has 0 radical (unpaired) electrons. The van der Waals surface area contributed by atoms with Gasteiger partial charge in [-0.3, -0.25) is 4.79 Å². The first-order valence-electron chi connectivity index (χ1n) is 7.71. The van der Waals surface area contributed by atoms with Gasteiger partial charge in [0.15, 0.2) is 0 Å². The molecule has 1 aromatic rings. The van der Waals surface area contributed by atoms with Gasteiger partial charge >= 0.3 is 0 Å². The highest BCUT2D eigenvalue weighted by atomic mass is 16.5. The number of ether oxygens (including phenoxy) is 2. The van der Waals surface area contributed by atoms with Crippen molar-refractivity contribution in [3.8, 4) is 0 Å². The summed E-state index contributed by atoms with van der Waals surface area (Å²) in [5.41, 5.74) is 1.25. The van der Waals surface area contributed by atoms with Crippen LogP contribution in [0.5, 0.6) is 0 Å². The quantitative estimate of drug-likeness (QED) is 0.675. The SMILES string of the molecule is CCOCCO[C@H](C)C(=O)NC[C@H](CC)c1ccccc1. The summed E-state index contributed by atoms with van der Waals surface area (Å²) in [6, 6.07) is 10.3. The van der Waals surface area contributed by atoms with E-state index in [1.165, 1.54) is 5.56 Å². The number of benzene rings is 1. The van der Waals surface area contributed by atoms with Gasteiger partial charge in [-0.05, 0) is 25.8 Å². The van der Waals surface area contributed by atoms with Crippen LogP contribution in [-0.4, -0.2) is 38.4 Å². The molecule has 0 spiro atoms. The average molecular weight is 293 g/mol. The monoisotopic (exact) mass is 293 g/mol. The van der Waals surface area contributed by atoms with Crippen LogP contribution in [0.15, 0.2) is 30.3 Å². The molecule has 118 valence electrons. The molecule has 0 saturated heterocycles. The minimum atomic E-state index is -0.446. The molecule has 1 amide bonds. The van der Waals surface area contributed by atoms with Gasteiger partial charge in [0.25, 0.3) is 0 Å². The molecule has 1 rings (SSSR count). The third-order valence-electron chi connectivity index (χ3n) is 3.46. The summed E-state index contributed by atoms with van der Waals surface area (Å²) < 4.78 is 10.6. The minimum absolute atomic E-state index is 0.0686. The molecular formula is C17H27NO3. The van der Waals surface area contributed by atoms with Crippen molar-refractivity contribution in [2.75, 3.05) is 26.4 Å². The highest BCUT2D eigenvalue weighted by molar-refractivity contribution is 5.80. The number of nitrogens with one attached hydrogen (secondary N) is 1. The number of carbonyl (C=O) groups excluding carboxylic acids is 1. The van der Waals surface area contributed by atoms with Crippen LogP contribution in [0.3, 0.4) is 0 Å². The fourth-order valence-corrected chi connectivity index (χ4v) is 2.09. The maximum Gasteiger partial charge on any atom is 0.248 e. The molecule has 21 heavy (non-hydrogen) atoms. The lowest BCUT2D eigenvalue weighted by molar-refractivity contribution is -0.132. The second kappa shape index (κ2) is 10.4. The summed E-state index contributed by atoms with van der Waals surface area (Å²) in [7, 11) is 0. The molecule has 1 N–H and O–H groups in total. The Bertz CT molecular complexity index is 394. The maximum absolute atomic E-state index is 12.0. The van der Waals surface area contributed by atoms with Gasteiger partial charge in [0, 0.05) is 19.1 Å². The predicted octanol–water partition coefficient (Wildman–Crippen LogP) is 2.74. The summed E-state index contributed by atoms with van der Waals surface area (Å²) in [5.74, 6) is 0.270. The van der Waals surface area contributed by atoms with Crippen molar-refractivity contribution >= 4 is 5.91 Å². The Balaban J connectivity index is 2.33. The molecule has 0 aliphatic heterocycles. The summed E-state index contributed by atoms with van der Waals surface area (Å²) in [4.78, 5) is 12.0. The zero-order valence-electron chi connectivity index (χ0n) is 13.3. The fraction of sp³-hybridized carbons (Fsp3) is 0.588. The number of hydrogen-bond donors (Lipinski definition) is 1. The molecule has 0 aromatic heterocycles. The van der Waals surface area contributed by atoms with E-state index in [2.05, 4.69) is 24.4 Å². The molecule has 0 aliphatic carbocycles. The maximum atomic E-state index is 12.0. The Morgan fingerprint density at radius 3 is 2.52 bits per heavy atom. The van der Waals surface area contributed by atoms with E-state index in [1.54, 1.807) is 6.92 Å². The lowest BCUT2D eigenvalue weighted by atomic mass is 9.96. The van der Waals surface area contributed by atoms with E-state index in [1.807, 2.05) is 25.1 Å². The molecular weight excluding hydrogens is 266 g/mol. The molecule has 0 bridgehead atoms. The zero-order valence-corrected chi connectivity index (χ0v) is 13.3. The summed E-state index contributed by atoms with van der Waals surface area (Å²) in [5, 5.41) is 2.97. The molecule has 0 unspecified atom stereocenters. The molecule has 0 saturated carbocycles. The normalized spacial score (nSPS) is 13.7. The van der Waals surface area contributed by atoms with Crippen molar-refractivity contribution in [3.63, 3.8) is 0 Å². The lowest BCUT2D eigenvalue weighted by Gasteiger charge is -2.18. The van der Waals surface area contributed by atoms with Gasteiger partial charge in [0.1, 0.15) is 6.10 Å². The summed E-state index contributed by atoms with van der Waals surface area (Å²) in [6.07, 6.45) is 0.544. The second-order valence-corrected chi connectivity index (χ2v) is 4.97. The van der Waals surface area contributed by atoms with Crippen molar-refractivity contribution in [2.45, 2.75) is 39.2 Å². The Labute approximate surface area is 127 Å². The van der Waals surface area contributed by atoms with E-state index >= 15 is 0 Å². The standard InChI is InChI=1S/C17H27NO3/c1-4-15(16-9-7-6-8-10-16)13-18-17(19)14(3)21-12-11-20-5-2/h6-10,14-15H,4-5,11-13H2,1-3H3,(H,18,19)/t14-,15+/m1/s1. The van der Waals surface area contributed by atoms with Gasteiger partial charge in [0.05, 0.1) is 13.2 Å². The molecule has 0 aliphatic rings. The first-order valence-corrected chi connectivity index (χ1v) is 7.71. The van der Waals surface area contributed by atoms with Crippen molar-refractivity contribution < 1.29 is 14.3 Å². The predicted molar refractivity (Wildman–Crippen MR) is 84.4 cm³/mol. The van der Waals surface area contributed by atoms with Crippen LogP contribution in [0, 0.1) is 0 Å². The fourth-order valence-electron chi connectivity index (χ4n) is 2.09.